The van der Waals surface area contributed by atoms with Crippen LogP contribution in [0.4, 0.5) is 0 Å². The lowest BCUT2D eigenvalue weighted by Crippen LogP contribution is -2.22. The first-order valence-electron chi connectivity index (χ1n) is 5.89. The van der Waals surface area contributed by atoms with Gasteiger partial charge in [0.05, 0.1) is 0 Å². The molecule has 0 fully saturated rings. The Hall–Kier alpha value is -2.00. The molecule has 1 unspecified atom stereocenters. The van der Waals surface area contributed by atoms with Crippen LogP contribution in [-0.4, -0.2) is 13.0 Å². The number of amides is 1. The van der Waals surface area contributed by atoms with Crippen LogP contribution < -0.4 is 10.1 Å². The number of carbonyl (C=O) groups excluding carboxylic acids is 1. The van der Waals surface area contributed by atoms with Crippen LogP contribution in [0.15, 0.2) is 54.6 Å². The SMILES string of the molecule is CNC(=O)C(Cl)c1cccc(Oc2ccccc2)c1. The highest BCUT2D eigenvalue weighted by molar-refractivity contribution is 6.30. The lowest BCUT2D eigenvalue weighted by Gasteiger charge is -2.11. The molecule has 19 heavy (non-hydrogen) atoms. The standard InChI is InChI=1S/C15H14ClNO2/c1-17-15(18)14(16)11-6-5-9-13(10-11)19-12-7-3-2-4-8-12/h2-10,14H,1H3,(H,17,18). The van der Waals surface area contributed by atoms with Crippen molar-refractivity contribution in [1.29, 1.82) is 0 Å². The molecule has 2 aromatic carbocycles. The van der Waals surface area contributed by atoms with E-state index in [1.165, 1.54) is 0 Å². The second-order valence-corrected chi connectivity index (χ2v) is 4.40. The second kappa shape index (κ2) is 6.25. The molecule has 1 amide bonds. The maximum Gasteiger partial charge on any atom is 0.242 e. The van der Waals surface area contributed by atoms with Gasteiger partial charge in [0.25, 0.3) is 0 Å². The molecule has 98 valence electrons. The quantitative estimate of drug-likeness (QED) is 0.867. The summed E-state index contributed by atoms with van der Waals surface area (Å²) in [6.45, 7) is 0. The minimum atomic E-state index is -0.718. The van der Waals surface area contributed by atoms with Crippen molar-refractivity contribution in [3.05, 3.63) is 60.2 Å². The number of rotatable bonds is 4. The van der Waals surface area contributed by atoms with E-state index in [0.717, 1.165) is 5.75 Å². The van der Waals surface area contributed by atoms with Gasteiger partial charge in [-0.1, -0.05) is 30.3 Å². The number of alkyl halides is 1. The normalized spacial score (nSPS) is 11.7. The molecule has 0 saturated heterocycles. The Bertz CT molecular complexity index is 557. The Morgan fingerprint density at radius 1 is 1.11 bits per heavy atom. The van der Waals surface area contributed by atoms with Gasteiger partial charge >= 0.3 is 0 Å². The smallest absolute Gasteiger partial charge is 0.242 e. The van der Waals surface area contributed by atoms with E-state index in [0.29, 0.717) is 11.3 Å². The first kappa shape index (κ1) is 13.4. The molecule has 0 aliphatic rings. The number of nitrogens with one attached hydrogen (secondary N) is 1. The van der Waals surface area contributed by atoms with Crippen molar-refractivity contribution in [3.63, 3.8) is 0 Å². The number of benzene rings is 2. The van der Waals surface area contributed by atoms with E-state index in [1.54, 1.807) is 19.2 Å². The largest absolute Gasteiger partial charge is 0.457 e. The second-order valence-electron chi connectivity index (χ2n) is 3.96. The van der Waals surface area contributed by atoms with Crippen LogP contribution in [0.1, 0.15) is 10.9 Å². The molecule has 2 aromatic rings. The Labute approximate surface area is 117 Å². The predicted octanol–water partition coefficient (Wildman–Crippen LogP) is 3.50. The van der Waals surface area contributed by atoms with Crippen molar-refractivity contribution in [2.75, 3.05) is 7.05 Å². The molecule has 0 aliphatic carbocycles. The van der Waals surface area contributed by atoms with Crippen LogP contribution in [0, 0.1) is 0 Å². The molecule has 1 atom stereocenters. The molecule has 0 aliphatic heterocycles. The maximum atomic E-state index is 11.5. The summed E-state index contributed by atoms with van der Waals surface area (Å²) in [6.07, 6.45) is 0. The third kappa shape index (κ3) is 3.48. The summed E-state index contributed by atoms with van der Waals surface area (Å²) >= 11 is 6.06. The van der Waals surface area contributed by atoms with Gasteiger partial charge in [-0.05, 0) is 29.8 Å². The third-order valence-corrected chi connectivity index (χ3v) is 3.06. The third-order valence-electron chi connectivity index (χ3n) is 2.61. The number of ether oxygens (including phenoxy) is 1. The monoisotopic (exact) mass is 275 g/mol. The molecule has 0 radical (unpaired) electrons. The van der Waals surface area contributed by atoms with Gasteiger partial charge in [-0.15, -0.1) is 11.6 Å². The van der Waals surface area contributed by atoms with Crippen LogP contribution in [-0.2, 0) is 4.79 Å². The van der Waals surface area contributed by atoms with E-state index in [1.807, 2.05) is 42.5 Å². The molecule has 1 N–H and O–H groups in total. The van der Waals surface area contributed by atoms with E-state index in [2.05, 4.69) is 5.32 Å². The van der Waals surface area contributed by atoms with E-state index in [9.17, 15) is 4.79 Å². The topological polar surface area (TPSA) is 38.3 Å². The summed E-state index contributed by atoms with van der Waals surface area (Å²) in [5.74, 6) is 1.16. The lowest BCUT2D eigenvalue weighted by molar-refractivity contribution is -0.120. The Morgan fingerprint density at radius 2 is 1.79 bits per heavy atom. The number of carbonyl (C=O) groups is 1. The number of halogens is 1. The summed E-state index contributed by atoms with van der Waals surface area (Å²) in [6, 6.07) is 16.6. The molecule has 0 saturated carbocycles. The van der Waals surface area contributed by atoms with Crippen LogP contribution in [0.5, 0.6) is 11.5 Å². The van der Waals surface area contributed by atoms with Gasteiger partial charge in [0.2, 0.25) is 5.91 Å². The number of hydrogen-bond donors (Lipinski definition) is 1. The zero-order valence-electron chi connectivity index (χ0n) is 10.5. The van der Waals surface area contributed by atoms with Crippen LogP contribution in [0.2, 0.25) is 0 Å². The van der Waals surface area contributed by atoms with Crippen LogP contribution in [0.3, 0.4) is 0 Å². The van der Waals surface area contributed by atoms with Crippen molar-refractivity contribution in [2.45, 2.75) is 5.38 Å². The lowest BCUT2D eigenvalue weighted by atomic mass is 10.1. The number of para-hydroxylation sites is 1. The molecule has 0 spiro atoms. The Balaban J connectivity index is 2.18. The van der Waals surface area contributed by atoms with E-state index >= 15 is 0 Å². The molecule has 2 rings (SSSR count). The highest BCUT2D eigenvalue weighted by Crippen LogP contribution is 2.27. The highest BCUT2D eigenvalue weighted by atomic mass is 35.5. The van der Waals surface area contributed by atoms with E-state index in [4.69, 9.17) is 16.3 Å². The zero-order chi connectivity index (χ0) is 13.7. The van der Waals surface area contributed by atoms with Crippen molar-refractivity contribution >= 4 is 17.5 Å². The van der Waals surface area contributed by atoms with Crippen molar-refractivity contribution in [3.8, 4) is 11.5 Å². The Kier molecular flexibility index (Phi) is 4.42. The molecule has 3 nitrogen and oxygen atoms in total. The average Bonchev–Trinajstić information content (AvgIpc) is 2.47. The molecular formula is C15H14ClNO2. The van der Waals surface area contributed by atoms with Gasteiger partial charge in [0.15, 0.2) is 0 Å². The fourth-order valence-corrected chi connectivity index (χ4v) is 1.88. The minimum Gasteiger partial charge on any atom is -0.457 e. The van der Waals surface area contributed by atoms with Crippen molar-refractivity contribution < 1.29 is 9.53 Å². The van der Waals surface area contributed by atoms with Gasteiger partial charge in [-0.2, -0.15) is 0 Å². The Morgan fingerprint density at radius 3 is 2.47 bits per heavy atom. The molecule has 0 aromatic heterocycles. The van der Waals surface area contributed by atoms with Crippen molar-refractivity contribution in [1.82, 2.24) is 5.32 Å². The van der Waals surface area contributed by atoms with Crippen LogP contribution in [0.25, 0.3) is 0 Å². The number of likely N-dealkylation sites (N-methyl/N-ethyl adjacent to an activating group) is 1. The first-order valence-corrected chi connectivity index (χ1v) is 6.33. The average molecular weight is 276 g/mol. The van der Waals surface area contributed by atoms with Crippen LogP contribution >= 0.6 is 11.6 Å². The van der Waals surface area contributed by atoms with Crippen molar-refractivity contribution in [2.24, 2.45) is 0 Å². The fraction of sp³-hybridized carbons (Fsp3) is 0.133. The summed E-state index contributed by atoms with van der Waals surface area (Å²) in [7, 11) is 1.56. The molecule has 0 bridgehead atoms. The highest BCUT2D eigenvalue weighted by Gasteiger charge is 2.16. The summed E-state index contributed by atoms with van der Waals surface area (Å²) < 4.78 is 5.69. The van der Waals surface area contributed by atoms with E-state index in [-0.39, 0.29) is 5.91 Å². The number of hydrogen-bond acceptors (Lipinski definition) is 2. The fourth-order valence-electron chi connectivity index (χ4n) is 1.64. The minimum absolute atomic E-state index is 0.237. The van der Waals surface area contributed by atoms with Gasteiger partial charge < -0.3 is 10.1 Å². The van der Waals surface area contributed by atoms with Gasteiger partial charge in [0.1, 0.15) is 16.9 Å². The summed E-state index contributed by atoms with van der Waals surface area (Å²) in [4.78, 5) is 11.5. The molecular weight excluding hydrogens is 262 g/mol. The van der Waals surface area contributed by atoms with Gasteiger partial charge in [0, 0.05) is 7.05 Å². The summed E-state index contributed by atoms with van der Waals surface area (Å²) in [5.41, 5.74) is 0.703. The molecule has 0 heterocycles. The van der Waals surface area contributed by atoms with Gasteiger partial charge in [-0.25, -0.2) is 0 Å². The van der Waals surface area contributed by atoms with E-state index < -0.39 is 5.38 Å². The first-order chi connectivity index (χ1) is 9.20. The van der Waals surface area contributed by atoms with Gasteiger partial charge in [-0.3, -0.25) is 4.79 Å². The molecule has 4 heteroatoms. The zero-order valence-corrected chi connectivity index (χ0v) is 11.2. The predicted molar refractivity (Wildman–Crippen MR) is 75.6 cm³/mol. The summed E-state index contributed by atoms with van der Waals surface area (Å²) in [5, 5.41) is 1.80. The maximum absolute atomic E-state index is 11.5.